The Morgan fingerprint density at radius 1 is 1.17 bits per heavy atom. The van der Waals surface area contributed by atoms with Gasteiger partial charge in [-0.15, -0.1) is 0 Å². The van der Waals surface area contributed by atoms with Crippen LogP contribution >= 0.6 is 0 Å². The Bertz CT molecular complexity index is 128. The summed E-state index contributed by atoms with van der Waals surface area (Å²) in [6.45, 7) is 4.83. The lowest BCUT2D eigenvalue weighted by molar-refractivity contribution is -0.0629. The van der Waals surface area contributed by atoms with Crippen molar-refractivity contribution in [3.8, 4) is 0 Å². The third-order valence-corrected chi connectivity index (χ3v) is 2.40. The van der Waals surface area contributed by atoms with E-state index in [1.165, 1.54) is 25.9 Å². The van der Waals surface area contributed by atoms with Crippen LogP contribution in [-0.4, -0.2) is 44.0 Å². The lowest BCUT2D eigenvalue weighted by Gasteiger charge is -2.27. The topological polar surface area (TPSA) is 21.7 Å². The molecule has 2 saturated heterocycles. The summed E-state index contributed by atoms with van der Waals surface area (Å²) in [4.78, 5) is 2.41. The third kappa shape index (κ3) is 2.19. The molecule has 2 fully saturated rings. The van der Waals surface area contributed by atoms with Crippen LogP contribution in [0.25, 0.3) is 0 Å². The van der Waals surface area contributed by atoms with Crippen LogP contribution < -0.4 is 0 Å². The molecule has 0 spiro atoms. The van der Waals surface area contributed by atoms with Crippen LogP contribution in [0.4, 0.5) is 0 Å². The minimum atomic E-state index is 0.0445. The maximum absolute atomic E-state index is 5.38. The van der Waals surface area contributed by atoms with E-state index in [1.54, 1.807) is 0 Å². The first-order chi connectivity index (χ1) is 5.95. The SMILES string of the molecule is [CH]1CCN(CC2OCCO2)CC1. The van der Waals surface area contributed by atoms with E-state index < -0.39 is 0 Å². The van der Waals surface area contributed by atoms with Gasteiger partial charge in [-0.05, 0) is 32.4 Å². The summed E-state index contributed by atoms with van der Waals surface area (Å²) in [5.41, 5.74) is 0. The van der Waals surface area contributed by atoms with Gasteiger partial charge in [0.25, 0.3) is 0 Å². The molecule has 2 heterocycles. The van der Waals surface area contributed by atoms with Crippen molar-refractivity contribution in [3.05, 3.63) is 6.42 Å². The Balaban J connectivity index is 1.69. The highest BCUT2D eigenvalue weighted by atomic mass is 16.7. The van der Waals surface area contributed by atoms with Crippen molar-refractivity contribution in [2.45, 2.75) is 19.1 Å². The fourth-order valence-electron chi connectivity index (χ4n) is 1.71. The van der Waals surface area contributed by atoms with E-state index in [0.29, 0.717) is 0 Å². The third-order valence-electron chi connectivity index (χ3n) is 2.40. The molecule has 2 aliphatic rings. The zero-order valence-electron chi connectivity index (χ0n) is 7.37. The zero-order valence-corrected chi connectivity index (χ0v) is 7.37. The number of piperidine rings is 1. The van der Waals surface area contributed by atoms with Gasteiger partial charge < -0.3 is 9.47 Å². The Morgan fingerprint density at radius 3 is 2.50 bits per heavy atom. The van der Waals surface area contributed by atoms with Gasteiger partial charge in [-0.25, -0.2) is 0 Å². The molecule has 0 bridgehead atoms. The van der Waals surface area contributed by atoms with Crippen LogP contribution in [0.5, 0.6) is 0 Å². The Morgan fingerprint density at radius 2 is 1.83 bits per heavy atom. The zero-order chi connectivity index (χ0) is 8.23. The quantitative estimate of drug-likeness (QED) is 0.607. The average molecular weight is 170 g/mol. The van der Waals surface area contributed by atoms with Crippen molar-refractivity contribution >= 4 is 0 Å². The van der Waals surface area contributed by atoms with Crippen LogP contribution in [0.1, 0.15) is 12.8 Å². The second-order valence-corrected chi connectivity index (χ2v) is 3.34. The van der Waals surface area contributed by atoms with Crippen LogP contribution in [-0.2, 0) is 9.47 Å². The number of rotatable bonds is 2. The summed E-state index contributed by atoms with van der Waals surface area (Å²) in [6, 6.07) is 0. The molecule has 0 saturated carbocycles. The molecule has 0 aliphatic carbocycles. The molecule has 0 atom stereocenters. The number of nitrogens with zero attached hydrogens (tertiary/aromatic N) is 1. The van der Waals surface area contributed by atoms with Gasteiger partial charge in [-0.3, -0.25) is 4.90 Å². The summed E-state index contributed by atoms with van der Waals surface area (Å²) < 4.78 is 10.8. The molecule has 69 valence electrons. The molecule has 2 rings (SSSR count). The molecule has 3 nitrogen and oxygen atoms in total. The summed E-state index contributed by atoms with van der Waals surface area (Å²) in [5.74, 6) is 0. The first-order valence-corrected chi connectivity index (χ1v) is 4.72. The van der Waals surface area contributed by atoms with Gasteiger partial charge in [-0.1, -0.05) is 0 Å². The molecule has 12 heavy (non-hydrogen) atoms. The molecular weight excluding hydrogens is 154 g/mol. The number of likely N-dealkylation sites (tertiary alicyclic amines) is 1. The van der Waals surface area contributed by atoms with Crippen molar-refractivity contribution in [2.75, 3.05) is 32.8 Å². The predicted molar refractivity (Wildman–Crippen MR) is 45.7 cm³/mol. The largest absolute Gasteiger partial charge is 0.349 e. The lowest BCUT2D eigenvalue weighted by atomic mass is 10.1. The smallest absolute Gasteiger partial charge is 0.170 e. The van der Waals surface area contributed by atoms with Gasteiger partial charge in [0.2, 0.25) is 0 Å². The Kier molecular flexibility index (Phi) is 2.98. The summed E-state index contributed by atoms with van der Waals surface area (Å²) >= 11 is 0. The van der Waals surface area contributed by atoms with Gasteiger partial charge in [0.05, 0.1) is 13.2 Å². The molecule has 0 aromatic rings. The highest BCUT2D eigenvalue weighted by Crippen LogP contribution is 2.11. The van der Waals surface area contributed by atoms with E-state index in [1.807, 2.05) is 0 Å². The van der Waals surface area contributed by atoms with Crippen LogP contribution in [0.15, 0.2) is 0 Å². The second kappa shape index (κ2) is 4.21. The van der Waals surface area contributed by atoms with Crippen LogP contribution in [0.2, 0.25) is 0 Å². The van der Waals surface area contributed by atoms with E-state index in [9.17, 15) is 0 Å². The fraction of sp³-hybridized carbons (Fsp3) is 0.889. The summed E-state index contributed by atoms with van der Waals surface area (Å²) in [7, 11) is 0. The summed E-state index contributed by atoms with van der Waals surface area (Å²) in [6.07, 6.45) is 4.83. The number of ether oxygens (including phenoxy) is 2. The summed E-state index contributed by atoms with van der Waals surface area (Å²) in [5, 5.41) is 0. The first kappa shape index (κ1) is 8.48. The van der Waals surface area contributed by atoms with Crippen molar-refractivity contribution in [3.63, 3.8) is 0 Å². The van der Waals surface area contributed by atoms with Crippen LogP contribution in [0.3, 0.4) is 0 Å². The molecule has 0 unspecified atom stereocenters. The van der Waals surface area contributed by atoms with Crippen molar-refractivity contribution < 1.29 is 9.47 Å². The Hall–Kier alpha value is -0.120. The molecule has 0 N–H and O–H groups in total. The van der Waals surface area contributed by atoms with Crippen molar-refractivity contribution in [1.29, 1.82) is 0 Å². The number of hydrogen-bond acceptors (Lipinski definition) is 3. The highest BCUT2D eigenvalue weighted by molar-refractivity contribution is 4.77. The minimum Gasteiger partial charge on any atom is -0.349 e. The average Bonchev–Trinajstić information content (AvgIpc) is 2.59. The normalized spacial score (nSPS) is 28.0. The molecule has 0 amide bonds. The highest BCUT2D eigenvalue weighted by Gasteiger charge is 2.20. The second-order valence-electron chi connectivity index (χ2n) is 3.34. The van der Waals surface area contributed by atoms with E-state index >= 15 is 0 Å². The minimum absolute atomic E-state index is 0.0445. The fourth-order valence-corrected chi connectivity index (χ4v) is 1.71. The monoisotopic (exact) mass is 170 g/mol. The maximum atomic E-state index is 5.38. The number of hydrogen-bond donors (Lipinski definition) is 0. The Labute approximate surface area is 73.6 Å². The molecule has 0 aromatic heterocycles. The van der Waals surface area contributed by atoms with E-state index in [2.05, 4.69) is 11.3 Å². The van der Waals surface area contributed by atoms with Gasteiger partial charge in [0.1, 0.15) is 0 Å². The van der Waals surface area contributed by atoms with Gasteiger partial charge in [0.15, 0.2) is 6.29 Å². The van der Waals surface area contributed by atoms with Gasteiger partial charge >= 0.3 is 0 Å². The molecule has 2 aliphatic heterocycles. The standard InChI is InChI=1S/C9H16NO2/c1-2-4-10(5-3-1)8-9-11-6-7-12-9/h1,9H,2-8H2. The van der Waals surface area contributed by atoms with Crippen molar-refractivity contribution in [1.82, 2.24) is 4.90 Å². The van der Waals surface area contributed by atoms with E-state index in [-0.39, 0.29) is 6.29 Å². The van der Waals surface area contributed by atoms with Crippen LogP contribution in [0, 0.1) is 6.42 Å². The molecule has 3 heteroatoms. The van der Waals surface area contributed by atoms with Crippen molar-refractivity contribution in [2.24, 2.45) is 0 Å². The molecule has 1 radical (unpaired) electrons. The van der Waals surface area contributed by atoms with Gasteiger partial charge in [-0.2, -0.15) is 0 Å². The maximum Gasteiger partial charge on any atom is 0.170 e. The van der Waals surface area contributed by atoms with Gasteiger partial charge in [0, 0.05) is 6.54 Å². The molecular formula is C9H16NO2. The van der Waals surface area contributed by atoms with E-state index in [0.717, 1.165) is 19.8 Å². The van der Waals surface area contributed by atoms with E-state index in [4.69, 9.17) is 9.47 Å². The molecule has 0 aromatic carbocycles. The first-order valence-electron chi connectivity index (χ1n) is 4.72. The lowest BCUT2D eigenvalue weighted by Crippen LogP contribution is -2.36. The predicted octanol–water partition coefficient (Wildman–Crippen LogP) is 0.659.